The number of halogens is 2. The molecule has 2 aliphatic rings. The van der Waals surface area contributed by atoms with Crippen molar-refractivity contribution in [1.82, 2.24) is 0 Å². The number of fused-ring (bicyclic) bond motifs is 3. The van der Waals surface area contributed by atoms with Crippen molar-refractivity contribution >= 4 is 35.8 Å². The Hall–Kier alpha value is -0.400. The molecule has 0 bridgehead atoms. The quantitative estimate of drug-likeness (QED) is 0.253. The summed E-state index contributed by atoms with van der Waals surface area (Å²) in [6.45, 7) is 9.15. The number of benzene rings is 2. The van der Waals surface area contributed by atoms with Gasteiger partial charge in [0.25, 0.3) is 0 Å². The van der Waals surface area contributed by atoms with Gasteiger partial charge in [-0.25, -0.2) is 0 Å². The molecule has 0 nitrogen and oxygen atoms in total. The Morgan fingerprint density at radius 3 is 2.29 bits per heavy atom. The van der Waals surface area contributed by atoms with Gasteiger partial charge in [0.2, 0.25) is 0 Å². The van der Waals surface area contributed by atoms with E-state index in [2.05, 4.69) is 75.5 Å². The van der Waals surface area contributed by atoms with Gasteiger partial charge in [0.05, 0.1) is 0 Å². The van der Waals surface area contributed by atoms with Crippen LogP contribution in [0, 0.1) is 6.07 Å². The van der Waals surface area contributed by atoms with Crippen LogP contribution >= 0.6 is 24.8 Å². The van der Waals surface area contributed by atoms with Crippen LogP contribution in [0.4, 0.5) is 0 Å². The fourth-order valence-corrected chi connectivity index (χ4v) is 3.97. The SMILES string of the molecule is CCC1=CCC(c2[c-]c3c(cc2)-c2ccccc2C3)=C1CC.C[Si](C)=[Zr].Cl.Cl. The molecular formula is C24H29Cl2SiZr-. The van der Waals surface area contributed by atoms with Gasteiger partial charge in [-0.15, -0.1) is 59.7 Å². The van der Waals surface area contributed by atoms with Crippen molar-refractivity contribution in [2.24, 2.45) is 0 Å². The van der Waals surface area contributed by atoms with Crippen LogP contribution < -0.4 is 0 Å². The molecule has 2 aliphatic carbocycles. The van der Waals surface area contributed by atoms with Crippen LogP contribution in [0.5, 0.6) is 0 Å². The van der Waals surface area contributed by atoms with Crippen LogP contribution in [0.3, 0.4) is 0 Å². The van der Waals surface area contributed by atoms with E-state index in [0.717, 1.165) is 25.7 Å². The maximum atomic E-state index is 3.73. The second-order valence-electron chi connectivity index (χ2n) is 7.20. The first-order chi connectivity index (χ1) is 12.5. The maximum Gasteiger partial charge on any atom is -0.147 e. The van der Waals surface area contributed by atoms with Gasteiger partial charge in [-0.2, -0.15) is 0 Å². The Balaban J connectivity index is 0.000000601. The molecule has 0 N–H and O–H groups in total. The van der Waals surface area contributed by atoms with Gasteiger partial charge in [-0.3, -0.25) is 0 Å². The Morgan fingerprint density at radius 2 is 1.64 bits per heavy atom. The van der Waals surface area contributed by atoms with Crippen LogP contribution in [0.25, 0.3) is 16.7 Å². The molecule has 0 fully saturated rings. The Labute approximate surface area is 198 Å². The molecule has 0 aromatic heterocycles. The molecule has 0 saturated heterocycles. The molecule has 4 heteroatoms. The first kappa shape index (κ1) is 25.6. The summed E-state index contributed by atoms with van der Waals surface area (Å²) in [5.41, 5.74) is 11.7. The minimum Gasteiger partial charge on any atom is -0.147 e. The average molecular weight is 508 g/mol. The fraction of sp³-hybridized carbons (Fsp3) is 0.333. The Kier molecular flexibility index (Phi) is 10.7. The monoisotopic (exact) mass is 505 g/mol. The Bertz CT molecular complexity index is 909. The third-order valence-electron chi connectivity index (χ3n) is 5.07. The maximum absolute atomic E-state index is 3.73. The van der Waals surface area contributed by atoms with Crippen molar-refractivity contribution in [3.05, 3.63) is 76.4 Å². The molecule has 28 heavy (non-hydrogen) atoms. The molecule has 0 spiro atoms. The summed E-state index contributed by atoms with van der Waals surface area (Å²) in [6, 6.07) is 17.1. The van der Waals surface area contributed by atoms with Crippen molar-refractivity contribution in [3.8, 4) is 11.1 Å². The fourth-order valence-electron chi connectivity index (χ4n) is 3.97. The molecule has 0 radical (unpaired) electrons. The third kappa shape index (κ3) is 5.60. The molecule has 0 amide bonds. The summed E-state index contributed by atoms with van der Waals surface area (Å²) in [7, 11) is 0. The number of hydrogen-bond acceptors (Lipinski definition) is 0. The largest absolute Gasteiger partial charge is 0.147 e. The van der Waals surface area contributed by atoms with Crippen molar-refractivity contribution in [1.29, 1.82) is 0 Å². The molecule has 148 valence electrons. The molecule has 0 aliphatic heterocycles. The van der Waals surface area contributed by atoms with Gasteiger partial charge < -0.3 is 0 Å². The van der Waals surface area contributed by atoms with E-state index in [1.165, 1.54) is 39.0 Å². The molecule has 0 saturated carbocycles. The van der Waals surface area contributed by atoms with E-state index in [1.807, 2.05) is 0 Å². The first-order valence-corrected chi connectivity index (χ1v) is 15.8. The van der Waals surface area contributed by atoms with Gasteiger partial charge in [-0.1, -0.05) is 66.5 Å². The Morgan fingerprint density at radius 1 is 0.964 bits per heavy atom. The summed E-state index contributed by atoms with van der Waals surface area (Å²) in [6.07, 6.45) is 6.78. The van der Waals surface area contributed by atoms with E-state index in [-0.39, 0.29) is 30.2 Å². The number of hydrogen-bond donors (Lipinski definition) is 0. The van der Waals surface area contributed by atoms with Crippen LogP contribution in [0.15, 0.2) is 53.6 Å². The molecule has 0 unspecified atom stereocenters. The predicted molar refractivity (Wildman–Crippen MR) is 126 cm³/mol. The zero-order valence-electron chi connectivity index (χ0n) is 17.2. The minimum atomic E-state index is 0. The van der Waals surface area contributed by atoms with E-state index >= 15 is 0 Å². The average Bonchev–Trinajstić information content (AvgIpc) is 3.21. The van der Waals surface area contributed by atoms with Gasteiger partial charge in [0, 0.05) is 0 Å². The normalized spacial score (nSPS) is 13.3. The summed E-state index contributed by atoms with van der Waals surface area (Å²) >= 11 is 1.74. The standard InChI is InChI=1S/C22H21.C2H6Si.2ClH.Zr/c1-3-15-9-11-21(19(15)4-2)17-10-12-22-18(14-17)13-16-7-5-6-8-20(16)22;1-3-2;;;/h5-10,12H,3-4,11,13H2,1-2H3;1-2H3;2*1H;/q-1;;;;. The van der Waals surface area contributed by atoms with Crippen LogP contribution in [-0.4, -0.2) is 5.43 Å². The van der Waals surface area contributed by atoms with Crippen LogP contribution in [0.2, 0.25) is 13.1 Å². The van der Waals surface area contributed by atoms with Gasteiger partial charge in [0.15, 0.2) is 0 Å². The van der Waals surface area contributed by atoms with Crippen molar-refractivity contribution in [3.63, 3.8) is 0 Å². The molecule has 0 atom stereocenters. The number of rotatable bonds is 3. The van der Waals surface area contributed by atoms with Crippen molar-refractivity contribution in [2.75, 3.05) is 0 Å². The van der Waals surface area contributed by atoms with E-state index in [4.69, 9.17) is 0 Å². The molecule has 0 heterocycles. The van der Waals surface area contributed by atoms with Crippen molar-refractivity contribution in [2.45, 2.75) is 52.6 Å². The van der Waals surface area contributed by atoms with E-state index < -0.39 is 0 Å². The second-order valence-corrected chi connectivity index (χ2v) is 16.6. The topological polar surface area (TPSA) is 0 Å². The predicted octanol–water partition coefficient (Wildman–Crippen LogP) is 7.59. The van der Waals surface area contributed by atoms with Crippen molar-refractivity contribution < 1.29 is 23.3 Å². The zero-order valence-corrected chi connectivity index (χ0v) is 22.3. The van der Waals surface area contributed by atoms with Gasteiger partial charge in [-0.05, 0) is 31.2 Å². The molecular weight excluding hydrogens is 478 g/mol. The molecule has 2 aromatic carbocycles. The van der Waals surface area contributed by atoms with E-state index in [9.17, 15) is 0 Å². The third-order valence-corrected chi connectivity index (χ3v) is 5.07. The van der Waals surface area contributed by atoms with Gasteiger partial charge in [0.1, 0.15) is 0 Å². The molecule has 4 rings (SSSR count). The minimum absolute atomic E-state index is 0. The van der Waals surface area contributed by atoms with E-state index in [1.54, 1.807) is 28.9 Å². The zero-order chi connectivity index (χ0) is 18.7. The smallest absolute Gasteiger partial charge is 0.147 e. The summed E-state index contributed by atoms with van der Waals surface area (Å²) in [5, 5.41) is 0. The summed E-state index contributed by atoms with van der Waals surface area (Å²) in [4.78, 5) is 0. The number of allylic oxidation sites excluding steroid dienone is 4. The van der Waals surface area contributed by atoms with Crippen LogP contribution in [-0.2, 0) is 29.8 Å². The first-order valence-electron chi connectivity index (χ1n) is 9.62. The molecule has 2 aromatic rings. The van der Waals surface area contributed by atoms with Gasteiger partial charge >= 0.3 is 41.9 Å². The summed E-state index contributed by atoms with van der Waals surface area (Å²) in [5.74, 6) is 0. The van der Waals surface area contributed by atoms with E-state index in [0.29, 0.717) is 0 Å². The summed E-state index contributed by atoms with van der Waals surface area (Å²) < 4.78 is 0. The van der Waals surface area contributed by atoms with Crippen LogP contribution in [0.1, 0.15) is 49.8 Å². The second kappa shape index (κ2) is 11.7.